The van der Waals surface area contributed by atoms with E-state index in [4.69, 9.17) is 0 Å². The average Bonchev–Trinajstić information content (AvgIpc) is 3.05. The zero-order valence-corrected chi connectivity index (χ0v) is 11.8. The number of nitro groups is 2. The second-order valence-corrected chi connectivity index (χ2v) is 5.88. The molecule has 2 aromatic heterocycles. The second kappa shape index (κ2) is 6.40. The van der Waals surface area contributed by atoms with E-state index < -0.39 is 22.3 Å². The normalized spacial score (nSPS) is 13.1. The molecule has 20 heavy (non-hydrogen) atoms. The van der Waals surface area contributed by atoms with Crippen molar-refractivity contribution in [2.45, 2.75) is 5.92 Å². The summed E-state index contributed by atoms with van der Waals surface area (Å²) in [4.78, 5) is 22.3. The molecule has 1 atom stereocenters. The van der Waals surface area contributed by atoms with Gasteiger partial charge in [0, 0.05) is 20.8 Å². The zero-order chi connectivity index (χ0) is 14.5. The lowest BCUT2D eigenvalue weighted by Crippen LogP contribution is -2.18. The molecule has 2 heterocycles. The van der Waals surface area contributed by atoms with Crippen LogP contribution in [0.15, 0.2) is 40.7 Å². The summed E-state index contributed by atoms with van der Waals surface area (Å²) in [6.45, 7) is -0.487. The second-order valence-electron chi connectivity index (χ2n) is 3.93. The highest BCUT2D eigenvalue weighted by atomic mass is 32.1. The molecule has 0 aliphatic rings. The topological polar surface area (TPSA) is 86.3 Å². The first-order valence-electron chi connectivity index (χ1n) is 5.62. The first-order valence-corrected chi connectivity index (χ1v) is 7.38. The van der Waals surface area contributed by atoms with Crippen molar-refractivity contribution in [2.75, 3.05) is 6.54 Å². The van der Waals surface area contributed by atoms with E-state index in [1.165, 1.54) is 28.7 Å². The predicted octanol–water partition coefficient (Wildman–Crippen LogP) is 3.49. The van der Waals surface area contributed by atoms with Crippen molar-refractivity contribution < 1.29 is 9.85 Å². The van der Waals surface area contributed by atoms with E-state index in [-0.39, 0.29) is 5.70 Å². The summed E-state index contributed by atoms with van der Waals surface area (Å²) < 4.78 is 0. The van der Waals surface area contributed by atoms with Gasteiger partial charge in [-0.1, -0.05) is 12.1 Å². The third-order valence-corrected chi connectivity index (χ3v) is 4.42. The van der Waals surface area contributed by atoms with Crippen LogP contribution in [0.1, 0.15) is 15.7 Å². The first-order chi connectivity index (χ1) is 9.58. The van der Waals surface area contributed by atoms with Crippen LogP contribution in [0.2, 0.25) is 0 Å². The Morgan fingerprint density at radius 3 is 2.40 bits per heavy atom. The van der Waals surface area contributed by atoms with Crippen molar-refractivity contribution >= 4 is 28.7 Å². The third-order valence-electron chi connectivity index (χ3n) is 2.62. The molecule has 0 amide bonds. The Kier molecular flexibility index (Phi) is 4.59. The summed E-state index contributed by atoms with van der Waals surface area (Å²) in [5, 5.41) is 25.6. The number of hydrogen-bond acceptors (Lipinski definition) is 6. The van der Waals surface area contributed by atoms with E-state index in [0.717, 1.165) is 0 Å². The molecule has 104 valence electrons. The SMILES string of the molecule is O=[N+]([O-])CC(/C(=C\c1cccs1)[N+](=O)[O-])c1cccs1. The zero-order valence-electron chi connectivity index (χ0n) is 10.2. The Morgan fingerprint density at radius 2 is 1.90 bits per heavy atom. The van der Waals surface area contributed by atoms with Crippen molar-refractivity contribution in [2.24, 2.45) is 0 Å². The lowest BCUT2D eigenvalue weighted by atomic mass is 10.0. The Hall–Kier alpha value is -2.06. The first kappa shape index (κ1) is 14.4. The van der Waals surface area contributed by atoms with E-state index in [0.29, 0.717) is 9.75 Å². The van der Waals surface area contributed by atoms with Crippen molar-refractivity contribution in [1.29, 1.82) is 0 Å². The van der Waals surface area contributed by atoms with E-state index in [9.17, 15) is 20.2 Å². The predicted molar refractivity (Wildman–Crippen MR) is 78.2 cm³/mol. The van der Waals surface area contributed by atoms with Gasteiger partial charge >= 0.3 is 0 Å². The number of nitrogens with zero attached hydrogens (tertiary/aromatic N) is 2. The largest absolute Gasteiger partial charge is 0.265 e. The van der Waals surface area contributed by atoms with Crippen LogP contribution in [0, 0.1) is 20.2 Å². The molecule has 2 aromatic rings. The summed E-state index contributed by atoms with van der Waals surface area (Å²) >= 11 is 2.64. The van der Waals surface area contributed by atoms with Crippen molar-refractivity contribution in [1.82, 2.24) is 0 Å². The maximum absolute atomic E-state index is 11.3. The monoisotopic (exact) mass is 310 g/mol. The smallest absolute Gasteiger partial charge is 0.262 e. The van der Waals surface area contributed by atoms with Crippen LogP contribution in [0.25, 0.3) is 6.08 Å². The minimum atomic E-state index is -0.831. The molecule has 0 bridgehead atoms. The fourth-order valence-electron chi connectivity index (χ4n) is 1.77. The highest BCUT2D eigenvalue weighted by Crippen LogP contribution is 2.31. The van der Waals surface area contributed by atoms with Gasteiger partial charge in [0.25, 0.3) is 5.70 Å². The molecule has 0 radical (unpaired) electrons. The molecule has 0 saturated carbocycles. The Balaban J connectivity index is 2.42. The van der Waals surface area contributed by atoms with Gasteiger partial charge in [0.15, 0.2) is 0 Å². The fraction of sp³-hybridized carbons (Fsp3) is 0.167. The molecular formula is C12H10N2O4S2. The summed E-state index contributed by atoms with van der Waals surface area (Å²) in [7, 11) is 0. The van der Waals surface area contributed by atoms with E-state index in [1.54, 1.807) is 35.0 Å². The van der Waals surface area contributed by atoms with Crippen LogP contribution in [-0.4, -0.2) is 16.4 Å². The van der Waals surface area contributed by atoms with Crippen LogP contribution in [0.3, 0.4) is 0 Å². The minimum absolute atomic E-state index is 0.147. The third kappa shape index (κ3) is 3.49. The van der Waals surface area contributed by atoms with Gasteiger partial charge in [-0.2, -0.15) is 0 Å². The van der Waals surface area contributed by atoms with Crippen LogP contribution in [-0.2, 0) is 0 Å². The molecule has 0 N–H and O–H groups in total. The van der Waals surface area contributed by atoms with Gasteiger partial charge in [-0.05, 0) is 22.9 Å². The lowest BCUT2D eigenvalue weighted by Gasteiger charge is -2.08. The Morgan fingerprint density at radius 1 is 1.20 bits per heavy atom. The number of thiophene rings is 2. The van der Waals surface area contributed by atoms with Gasteiger partial charge in [0.2, 0.25) is 6.54 Å². The summed E-state index contributed by atoms with van der Waals surface area (Å²) in [6, 6.07) is 6.94. The number of hydrogen-bond donors (Lipinski definition) is 0. The molecular weight excluding hydrogens is 300 g/mol. The van der Waals surface area contributed by atoms with Gasteiger partial charge in [-0.25, -0.2) is 0 Å². The summed E-state index contributed by atoms with van der Waals surface area (Å²) in [6.07, 6.45) is 1.42. The molecule has 0 spiro atoms. The van der Waals surface area contributed by atoms with E-state index in [1.807, 2.05) is 0 Å². The molecule has 0 aromatic carbocycles. The van der Waals surface area contributed by atoms with Crippen LogP contribution in [0.5, 0.6) is 0 Å². The molecule has 8 heteroatoms. The highest BCUT2D eigenvalue weighted by molar-refractivity contribution is 7.11. The number of rotatable bonds is 6. The molecule has 6 nitrogen and oxygen atoms in total. The molecule has 0 aliphatic heterocycles. The van der Waals surface area contributed by atoms with Gasteiger partial charge in [0.05, 0.1) is 4.92 Å². The Labute approximate surface area is 122 Å². The average molecular weight is 310 g/mol. The summed E-state index contributed by atoms with van der Waals surface area (Å²) in [5.74, 6) is -0.831. The standard InChI is InChI=1S/C12H10N2O4S2/c15-13(16)8-10(12-4-2-6-20-12)11(14(17)18)7-9-3-1-5-19-9/h1-7,10H,8H2/b11-7+. The van der Waals surface area contributed by atoms with E-state index in [2.05, 4.69) is 0 Å². The van der Waals surface area contributed by atoms with Crippen molar-refractivity contribution in [3.05, 3.63) is 70.7 Å². The summed E-state index contributed by atoms with van der Waals surface area (Å²) in [5.41, 5.74) is -0.147. The molecule has 2 rings (SSSR count). The lowest BCUT2D eigenvalue weighted by molar-refractivity contribution is -0.493. The van der Waals surface area contributed by atoms with Gasteiger partial charge < -0.3 is 0 Å². The van der Waals surface area contributed by atoms with Gasteiger partial charge in [-0.15, -0.1) is 22.7 Å². The quantitative estimate of drug-likeness (QED) is 0.603. The van der Waals surface area contributed by atoms with Gasteiger partial charge in [-0.3, -0.25) is 20.2 Å². The highest BCUT2D eigenvalue weighted by Gasteiger charge is 2.32. The van der Waals surface area contributed by atoms with Crippen molar-refractivity contribution in [3.8, 4) is 0 Å². The molecule has 1 unspecified atom stereocenters. The molecule has 0 aliphatic carbocycles. The maximum atomic E-state index is 11.3. The molecule has 0 fully saturated rings. The maximum Gasteiger partial charge on any atom is 0.262 e. The van der Waals surface area contributed by atoms with Gasteiger partial charge in [0.1, 0.15) is 5.92 Å². The fourth-order valence-corrected chi connectivity index (χ4v) is 3.26. The van der Waals surface area contributed by atoms with E-state index >= 15 is 0 Å². The Bertz CT molecular complexity index is 620. The van der Waals surface area contributed by atoms with Crippen LogP contribution < -0.4 is 0 Å². The molecule has 0 saturated heterocycles. The van der Waals surface area contributed by atoms with Crippen LogP contribution in [0.4, 0.5) is 0 Å². The minimum Gasteiger partial charge on any atom is -0.265 e. The van der Waals surface area contributed by atoms with Crippen molar-refractivity contribution in [3.63, 3.8) is 0 Å². The van der Waals surface area contributed by atoms with Crippen LogP contribution >= 0.6 is 22.7 Å².